The molecule has 0 aliphatic carbocycles. The van der Waals surface area contributed by atoms with Crippen molar-refractivity contribution in [2.24, 2.45) is 0 Å². The molecular formula is C17H13ClN2O3. The van der Waals surface area contributed by atoms with Gasteiger partial charge >= 0.3 is 5.97 Å². The van der Waals surface area contributed by atoms with Gasteiger partial charge < -0.3 is 10.1 Å². The number of carbonyl (C=O) groups excluding carboxylic acids is 2. The number of amides is 1. The number of hydrogen-bond acceptors (Lipinski definition) is 4. The summed E-state index contributed by atoms with van der Waals surface area (Å²) in [6, 6.07) is 13.1. The number of anilines is 1. The van der Waals surface area contributed by atoms with Gasteiger partial charge in [0.15, 0.2) is 6.61 Å². The Labute approximate surface area is 138 Å². The second kappa shape index (κ2) is 7.43. The number of esters is 1. The smallest absolute Gasteiger partial charge is 0.338 e. The van der Waals surface area contributed by atoms with Crippen LogP contribution in [-0.4, -0.2) is 18.5 Å². The van der Waals surface area contributed by atoms with Gasteiger partial charge in [-0.15, -0.1) is 0 Å². The van der Waals surface area contributed by atoms with Crippen LogP contribution in [0.1, 0.15) is 21.5 Å². The Hall–Kier alpha value is -2.84. The van der Waals surface area contributed by atoms with Crippen LogP contribution in [0.25, 0.3) is 0 Å². The van der Waals surface area contributed by atoms with Gasteiger partial charge in [-0.05, 0) is 48.9 Å². The van der Waals surface area contributed by atoms with E-state index in [0.29, 0.717) is 16.3 Å². The van der Waals surface area contributed by atoms with E-state index in [2.05, 4.69) is 5.32 Å². The van der Waals surface area contributed by atoms with Crippen molar-refractivity contribution >= 4 is 29.2 Å². The Balaban J connectivity index is 1.93. The number of nitrogens with one attached hydrogen (secondary N) is 1. The molecule has 23 heavy (non-hydrogen) atoms. The first-order valence-electron chi connectivity index (χ1n) is 6.73. The molecule has 0 unspecified atom stereocenters. The van der Waals surface area contributed by atoms with Gasteiger partial charge in [0, 0.05) is 10.7 Å². The molecule has 6 heteroatoms. The zero-order valence-electron chi connectivity index (χ0n) is 12.3. The van der Waals surface area contributed by atoms with Crippen LogP contribution in [0.3, 0.4) is 0 Å². The van der Waals surface area contributed by atoms with Crippen molar-refractivity contribution in [1.82, 2.24) is 0 Å². The number of benzene rings is 2. The van der Waals surface area contributed by atoms with Crippen molar-refractivity contribution in [3.05, 3.63) is 64.2 Å². The zero-order chi connectivity index (χ0) is 16.8. The first kappa shape index (κ1) is 16.5. The van der Waals surface area contributed by atoms with Gasteiger partial charge in [-0.1, -0.05) is 17.7 Å². The fourth-order valence-corrected chi connectivity index (χ4v) is 2.11. The Morgan fingerprint density at radius 1 is 1.26 bits per heavy atom. The second-order valence-corrected chi connectivity index (χ2v) is 5.21. The van der Waals surface area contributed by atoms with Gasteiger partial charge in [0.1, 0.15) is 0 Å². The van der Waals surface area contributed by atoms with E-state index in [0.717, 1.165) is 5.56 Å². The molecule has 0 atom stereocenters. The third-order valence-corrected chi connectivity index (χ3v) is 3.26. The lowest BCUT2D eigenvalue weighted by Crippen LogP contribution is -2.21. The summed E-state index contributed by atoms with van der Waals surface area (Å²) in [6.45, 7) is 1.39. The molecule has 2 aromatic rings. The van der Waals surface area contributed by atoms with Crippen LogP contribution in [0, 0.1) is 18.3 Å². The van der Waals surface area contributed by atoms with Crippen molar-refractivity contribution < 1.29 is 14.3 Å². The van der Waals surface area contributed by atoms with Gasteiger partial charge in [0.25, 0.3) is 5.91 Å². The van der Waals surface area contributed by atoms with Crippen LogP contribution in [0.4, 0.5) is 5.69 Å². The average Bonchev–Trinajstić information content (AvgIpc) is 2.55. The third kappa shape index (κ3) is 4.56. The highest BCUT2D eigenvalue weighted by Crippen LogP contribution is 2.19. The maximum atomic E-state index is 11.9. The molecule has 5 nitrogen and oxygen atoms in total. The van der Waals surface area contributed by atoms with E-state index in [1.54, 1.807) is 37.3 Å². The van der Waals surface area contributed by atoms with Gasteiger partial charge in [0.2, 0.25) is 0 Å². The Kier molecular flexibility index (Phi) is 5.34. The monoisotopic (exact) mass is 328 g/mol. The van der Waals surface area contributed by atoms with Crippen molar-refractivity contribution in [1.29, 1.82) is 5.26 Å². The molecule has 1 amide bonds. The summed E-state index contributed by atoms with van der Waals surface area (Å²) in [4.78, 5) is 23.7. The molecule has 0 saturated carbocycles. The Morgan fingerprint density at radius 2 is 2.04 bits per heavy atom. The van der Waals surface area contributed by atoms with Crippen LogP contribution in [0.15, 0.2) is 42.5 Å². The van der Waals surface area contributed by atoms with Crippen LogP contribution >= 0.6 is 11.6 Å². The van der Waals surface area contributed by atoms with E-state index in [1.807, 2.05) is 6.07 Å². The van der Waals surface area contributed by atoms with Crippen LogP contribution in [0.2, 0.25) is 5.02 Å². The number of nitrogens with zero attached hydrogens (tertiary/aromatic N) is 1. The number of carbonyl (C=O) groups is 2. The Bertz CT molecular complexity index is 797. The van der Waals surface area contributed by atoms with E-state index in [1.165, 1.54) is 12.1 Å². The normalized spacial score (nSPS) is 9.78. The minimum Gasteiger partial charge on any atom is -0.452 e. The SMILES string of the molecule is Cc1cc(Cl)ccc1NC(=O)COC(=O)c1cccc(C#N)c1. The second-order valence-electron chi connectivity index (χ2n) is 4.78. The zero-order valence-corrected chi connectivity index (χ0v) is 13.1. The molecule has 1 N–H and O–H groups in total. The highest BCUT2D eigenvalue weighted by molar-refractivity contribution is 6.30. The highest BCUT2D eigenvalue weighted by atomic mass is 35.5. The molecule has 0 heterocycles. The fraction of sp³-hybridized carbons (Fsp3) is 0.118. The fourth-order valence-electron chi connectivity index (χ4n) is 1.88. The van der Waals surface area contributed by atoms with Crippen LogP contribution < -0.4 is 5.32 Å². The number of ether oxygens (including phenoxy) is 1. The van der Waals surface area contributed by atoms with Crippen LogP contribution in [0.5, 0.6) is 0 Å². The van der Waals surface area contributed by atoms with E-state index >= 15 is 0 Å². The van der Waals surface area contributed by atoms with Crippen molar-refractivity contribution in [3.63, 3.8) is 0 Å². The van der Waals surface area contributed by atoms with Gasteiger partial charge in [0.05, 0.1) is 17.2 Å². The summed E-state index contributed by atoms with van der Waals surface area (Å²) >= 11 is 5.84. The molecule has 0 spiro atoms. The molecule has 0 aromatic heterocycles. The summed E-state index contributed by atoms with van der Waals surface area (Å²) < 4.78 is 4.94. The van der Waals surface area contributed by atoms with Crippen LogP contribution in [-0.2, 0) is 9.53 Å². The topological polar surface area (TPSA) is 79.2 Å². The molecule has 0 saturated heterocycles. The Morgan fingerprint density at radius 3 is 2.74 bits per heavy atom. The molecular weight excluding hydrogens is 316 g/mol. The minimum atomic E-state index is -0.662. The van der Waals surface area contributed by atoms with E-state index in [4.69, 9.17) is 21.6 Å². The molecule has 0 aliphatic rings. The molecule has 116 valence electrons. The summed E-state index contributed by atoms with van der Waals surface area (Å²) in [6.07, 6.45) is 0. The van der Waals surface area contributed by atoms with E-state index in [9.17, 15) is 9.59 Å². The average molecular weight is 329 g/mol. The number of rotatable bonds is 4. The molecule has 0 aliphatic heterocycles. The highest BCUT2D eigenvalue weighted by Gasteiger charge is 2.11. The third-order valence-electron chi connectivity index (χ3n) is 3.02. The molecule has 0 radical (unpaired) electrons. The van der Waals surface area contributed by atoms with Gasteiger partial charge in [-0.2, -0.15) is 5.26 Å². The molecule has 2 rings (SSSR count). The number of halogens is 1. The summed E-state index contributed by atoms with van der Waals surface area (Å²) in [7, 11) is 0. The van der Waals surface area contributed by atoms with Crippen molar-refractivity contribution in [3.8, 4) is 6.07 Å². The van der Waals surface area contributed by atoms with E-state index < -0.39 is 18.5 Å². The predicted molar refractivity (Wildman–Crippen MR) is 86.3 cm³/mol. The number of hydrogen-bond donors (Lipinski definition) is 1. The predicted octanol–water partition coefficient (Wildman–Crippen LogP) is 3.32. The van der Waals surface area contributed by atoms with Gasteiger partial charge in [-0.25, -0.2) is 4.79 Å². The van der Waals surface area contributed by atoms with Crippen molar-refractivity contribution in [2.75, 3.05) is 11.9 Å². The van der Waals surface area contributed by atoms with E-state index in [-0.39, 0.29) is 5.56 Å². The first-order chi connectivity index (χ1) is 11.0. The quantitative estimate of drug-likeness (QED) is 0.873. The summed E-state index contributed by atoms with van der Waals surface area (Å²) in [5.74, 6) is -1.12. The number of nitriles is 1. The molecule has 0 bridgehead atoms. The lowest BCUT2D eigenvalue weighted by Gasteiger charge is -2.09. The maximum absolute atomic E-state index is 11.9. The lowest BCUT2D eigenvalue weighted by molar-refractivity contribution is -0.119. The minimum absolute atomic E-state index is 0.222. The molecule has 0 fully saturated rings. The number of aryl methyl sites for hydroxylation is 1. The first-order valence-corrected chi connectivity index (χ1v) is 7.10. The largest absolute Gasteiger partial charge is 0.452 e. The molecule has 2 aromatic carbocycles. The summed E-state index contributed by atoms with van der Waals surface area (Å²) in [5.41, 5.74) is 1.97. The summed E-state index contributed by atoms with van der Waals surface area (Å²) in [5, 5.41) is 12.0. The van der Waals surface area contributed by atoms with Gasteiger partial charge in [-0.3, -0.25) is 4.79 Å². The lowest BCUT2D eigenvalue weighted by atomic mass is 10.1. The van der Waals surface area contributed by atoms with Crippen molar-refractivity contribution in [2.45, 2.75) is 6.92 Å². The maximum Gasteiger partial charge on any atom is 0.338 e. The standard InChI is InChI=1S/C17H13ClN2O3/c1-11-7-14(18)5-6-15(11)20-16(21)10-23-17(22)13-4-2-3-12(8-13)9-19/h2-8H,10H2,1H3,(H,20,21).